The van der Waals surface area contributed by atoms with Crippen LogP contribution in [0.3, 0.4) is 0 Å². The van der Waals surface area contributed by atoms with Crippen LogP contribution in [0.4, 0.5) is 0 Å². The molecule has 0 spiro atoms. The van der Waals surface area contributed by atoms with Crippen LogP contribution in [0.5, 0.6) is 0 Å². The molecule has 0 fully saturated rings. The predicted octanol–water partition coefficient (Wildman–Crippen LogP) is 9.79. The molecule has 0 atom stereocenters. The van der Waals surface area contributed by atoms with E-state index >= 15 is 0 Å². The third-order valence-electron chi connectivity index (χ3n) is 5.46. The van der Waals surface area contributed by atoms with E-state index in [4.69, 9.17) is 0 Å². The summed E-state index contributed by atoms with van der Waals surface area (Å²) in [7, 11) is 4.35. The van der Waals surface area contributed by atoms with Gasteiger partial charge in [0.15, 0.2) is 0 Å². The Bertz CT molecular complexity index is 236. The molecule has 0 aromatic heterocycles. The molecule has 0 aliphatic heterocycles. The summed E-state index contributed by atoms with van der Waals surface area (Å²) in [6.07, 6.45) is 30.5. The van der Waals surface area contributed by atoms with E-state index in [2.05, 4.69) is 39.8 Å². The van der Waals surface area contributed by atoms with Crippen LogP contribution < -0.4 is 0 Å². The first kappa shape index (κ1) is 30.2. The van der Waals surface area contributed by atoms with Crippen LogP contribution in [0, 0.1) is 0 Å². The largest absolute Gasteiger partial charge is 0.309 e. The van der Waals surface area contributed by atoms with E-state index in [-0.39, 0.29) is 0 Å². The van der Waals surface area contributed by atoms with Gasteiger partial charge in [0.05, 0.1) is 0 Å². The van der Waals surface area contributed by atoms with Crippen molar-refractivity contribution < 1.29 is 0 Å². The first-order valence-corrected chi connectivity index (χ1v) is 13.3. The molecule has 0 rings (SSSR count). The van der Waals surface area contributed by atoms with Crippen LogP contribution in [0.2, 0.25) is 0 Å². The minimum atomic E-state index is 1.25. The lowest BCUT2D eigenvalue weighted by molar-refractivity contribution is 0.389. The van der Waals surface area contributed by atoms with Crippen LogP contribution in [0.15, 0.2) is 0 Å². The highest BCUT2D eigenvalue weighted by Crippen LogP contribution is 2.14. The number of hydrogen-bond acceptors (Lipinski definition) is 1. The summed E-state index contributed by atoms with van der Waals surface area (Å²) < 4.78 is 0. The van der Waals surface area contributed by atoms with E-state index in [1.807, 2.05) is 0 Å². The lowest BCUT2D eigenvalue weighted by Crippen LogP contribution is -2.12. The second-order valence-electron chi connectivity index (χ2n) is 9.23. The van der Waals surface area contributed by atoms with Crippen LogP contribution in [0.25, 0.3) is 0 Å². The zero-order chi connectivity index (χ0) is 21.1. The molecule has 1 heteroatoms. The zero-order valence-corrected chi connectivity index (χ0v) is 21.0. The van der Waals surface area contributed by atoms with Gasteiger partial charge in [-0.1, -0.05) is 149 Å². The molecule has 0 saturated heterocycles. The van der Waals surface area contributed by atoms with Crippen molar-refractivity contribution in [1.29, 1.82) is 0 Å². The van der Waals surface area contributed by atoms with E-state index in [0.29, 0.717) is 0 Å². The molecule has 0 aliphatic rings. The fourth-order valence-electron chi connectivity index (χ4n) is 3.68. The normalized spacial score (nSPS) is 10.9. The number of unbranched alkanes of at least 4 members (excludes halogenated alkanes) is 19. The topological polar surface area (TPSA) is 3.24 Å². The van der Waals surface area contributed by atoms with Gasteiger partial charge in [-0.2, -0.15) is 0 Å². The quantitative estimate of drug-likeness (QED) is 0.174. The summed E-state index contributed by atoms with van der Waals surface area (Å²) in [6.45, 7) is 7.81. The number of hydrogen-bond donors (Lipinski definition) is 0. The molecule has 1 nitrogen and oxygen atoms in total. The summed E-state index contributed by atoms with van der Waals surface area (Å²) in [4.78, 5) is 2.30. The van der Waals surface area contributed by atoms with Gasteiger partial charge < -0.3 is 4.90 Å². The molecule has 0 aliphatic carbocycles. The number of rotatable bonds is 21. The third-order valence-corrected chi connectivity index (χ3v) is 5.46. The van der Waals surface area contributed by atoms with E-state index in [1.54, 1.807) is 0 Å². The predicted molar refractivity (Wildman–Crippen MR) is 133 cm³/mol. The lowest BCUT2D eigenvalue weighted by atomic mass is 10.0. The van der Waals surface area contributed by atoms with Crippen LogP contribution in [0.1, 0.15) is 156 Å². The third kappa shape index (κ3) is 33.5. The van der Waals surface area contributed by atoms with Gasteiger partial charge in [-0.25, -0.2) is 0 Å². The van der Waals surface area contributed by atoms with Crippen molar-refractivity contribution in [2.24, 2.45) is 0 Å². The van der Waals surface area contributed by atoms with Crippen molar-refractivity contribution in [3.8, 4) is 0 Å². The molecule has 0 saturated carbocycles. The highest BCUT2D eigenvalue weighted by molar-refractivity contribution is 4.51. The van der Waals surface area contributed by atoms with Crippen molar-refractivity contribution in [3.05, 3.63) is 0 Å². The first-order chi connectivity index (χ1) is 13.7. The van der Waals surface area contributed by atoms with Gasteiger partial charge in [0.25, 0.3) is 0 Å². The Kier molecular flexibility index (Phi) is 31.4. The molecule has 0 amide bonds. The number of nitrogens with zero attached hydrogens (tertiary/aromatic N) is 1. The first-order valence-electron chi connectivity index (χ1n) is 13.3. The second kappa shape index (κ2) is 29.2. The standard InChI is InChI=1S/C24H51N.C3H8/c1-4-5-6-7-8-9-10-11-12-13-14-15-16-17-18-19-20-21-22-23-24-25(2)3;1-3-2/h4-24H2,1-3H3;3H2,1-2H3. The van der Waals surface area contributed by atoms with Crippen molar-refractivity contribution >= 4 is 0 Å². The summed E-state index contributed by atoms with van der Waals surface area (Å²) in [6, 6.07) is 0. The van der Waals surface area contributed by atoms with Crippen LogP contribution in [-0.2, 0) is 0 Å². The Morgan fingerprint density at radius 1 is 0.357 bits per heavy atom. The van der Waals surface area contributed by atoms with Crippen molar-refractivity contribution in [2.45, 2.75) is 156 Å². The fraction of sp³-hybridized carbons (Fsp3) is 1.00. The maximum absolute atomic E-state index is 2.30. The summed E-state index contributed by atoms with van der Waals surface area (Å²) >= 11 is 0. The molecule has 0 unspecified atom stereocenters. The average molecular weight is 398 g/mol. The van der Waals surface area contributed by atoms with Crippen LogP contribution in [-0.4, -0.2) is 25.5 Å². The van der Waals surface area contributed by atoms with Crippen molar-refractivity contribution in [2.75, 3.05) is 20.6 Å². The minimum Gasteiger partial charge on any atom is -0.309 e. The van der Waals surface area contributed by atoms with Gasteiger partial charge in [0.2, 0.25) is 0 Å². The summed E-state index contributed by atoms with van der Waals surface area (Å²) in [5.74, 6) is 0. The van der Waals surface area contributed by atoms with E-state index in [0.717, 1.165) is 0 Å². The molecule has 172 valence electrons. The summed E-state index contributed by atoms with van der Waals surface area (Å²) in [5.41, 5.74) is 0. The smallest absolute Gasteiger partial charge is 0.00248 e. The fourth-order valence-corrected chi connectivity index (χ4v) is 3.68. The van der Waals surface area contributed by atoms with Gasteiger partial charge in [-0.15, -0.1) is 0 Å². The molecule has 0 bridgehead atoms. The second-order valence-corrected chi connectivity index (χ2v) is 9.23. The molecule has 0 heterocycles. The minimum absolute atomic E-state index is 1.25. The maximum Gasteiger partial charge on any atom is -0.00248 e. The Morgan fingerprint density at radius 3 is 0.786 bits per heavy atom. The van der Waals surface area contributed by atoms with Crippen LogP contribution >= 0.6 is 0 Å². The Balaban J connectivity index is 0. The molecule has 0 radical (unpaired) electrons. The van der Waals surface area contributed by atoms with E-state index < -0.39 is 0 Å². The molecule has 0 aromatic carbocycles. The van der Waals surface area contributed by atoms with Gasteiger partial charge in [-0.05, 0) is 27.1 Å². The molecule has 28 heavy (non-hydrogen) atoms. The highest BCUT2D eigenvalue weighted by Gasteiger charge is 1.95. The van der Waals surface area contributed by atoms with Gasteiger partial charge in [0, 0.05) is 0 Å². The van der Waals surface area contributed by atoms with Gasteiger partial charge in [0.1, 0.15) is 0 Å². The molecular weight excluding hydrogens is 338 g/mol. The van der Waals surface area contributed by atoms with Gasteiger partial charge >= 0.3 is 0 Å². The Hall–Kier alpha value is -0.0400. The monoisotopic (exact) mass is 397 g/mol. The van der Waals surface area contributed by atoms with E-state index in [1.165, 1.54) is 141 Å². The SMILES string of the molecule is CCC.CCCCCCCCCCCCCCCCCCCCCCN(C)C. The average Bonchev–Trinajstić information content (AvgIpc) is 2.67. The Labute approximate surface area is 181 Å². The van der Waals surface area contributed by atoms with E-state index in [9.17, 15) is 0 Å². The highest BCUT2D eigenvalue weighted by atomic mass is 15.0. The lowest BCUT2D eigenvalue weighted by Gasteiger charge is -2.08. The van der Waals surface area contributed by atoms with Crippen molar-refractivity contribution in [1.82, 2.24) is 4.90 Å². The molecule has 0 aromatic rings. The molecular formula is C27H59N. The zero-order valence-electron chi connectivity index (χ0n) is 21.0. The Morgan fingerprint density at radius 2 is 0.571 bits per heavy atom. The van der Waals surface area contributed by atoms with Gasteiger partial charge in [-0.3, -0.25) is 0 Å². The summed E-state index contributed by atoms with van der Waals surface area (Å²) in [5, 5.41) is 0. The van der Waals surface area contributed by atoms with Crippen molar-refractivity contribution in [3.63, 3.8) is 0 Å². The molecule has 0 N–H and O–H groups in total. The maximum atomic E-state index is 2.30.